The fraction of sp³-hybridized carbons (Fsp3) is 0.200. The van der Waals surface area contributed by atoms with E-state index in [1.807, 2.05) is 30.3 Å². The first kappa shape index (κ1) is 20.8. The SMILES string of the molecule is O=C1CCCC2=C1[C@H](c1cccc(F)c1)CC(=O)N2Nc1cc(=O)[nH]nc1-c1ccccc1. The average molecular weight is 444 g/mol. The van der Waals surface area contributed by atoms with E-state index in [1.165, 1.54) is 23.2 Å². The Bertz CT molecular complexity index is 1330. The van der Waals surface area contributed by atoms with E-state index in [-0.39, 0.29) is 18.1 Å². The van der Waals surface area contributed by atoms with Crippen LogP contribution < -0.4 is 11.0 Å². The number of aromatic amines is 1. The van der Waals surface area contributed by atoms with Gasteiger partial charge in [-0.1, -0.05) is 42.5 Å². The van der Waals surface area contributed by atoms with Gasteiger partial charge >= 0.3 is 0 Å². The number of hydrogen-bond acceptors (Lipinski definition) is 5. The standard InChI is InChI=1S/C25H21FN4O3/c26-17-9-4-8-16(12-17)18-13-23(33)30(20-10-5-11-21(31)24(18)20)29-19-14-22(32)27-28-25(19)15-6-2-1-3-7-15/h1-4,6-9,12,14,18H,5,10-11,13H2,(H2,27,29,32)/t18-/m0/s1. The first-order valence-corrected chi connectivity index (χ1v) is 10.8. The zero-order valence-corrected chi connectivity index (χ0v) is 17.7. The molecule has 0 fully saturated rings. The molecule has 1 amide bonds. The summed E-state index contributed by atoms with van der Waals surface area (Å²) in [5, 5.41) is 7.97. The first-order valence-electron chi connectivity index (χ1n) is 10.8. The van der Waals surface area contributed by atoms with Crippen LogP contribution in [-0.4, -0.2) is 26.9 Å². The number of anilines is 1. The van der Waals surface area contributed by atoms with Crippen molar-refractivity contribution in [3.8, 4) is 11.3 Å². The van der Waals surface area contributed by atoms with Crippen molar-refractivity contribution < 1.29 is 14.0 Å². The number of nitrogens with zero attached hydrogens (tertiary/aromatic N) is 2. The van der Waals surface area contributed by atoms with Gasteiger partial charge in [0.2, 0.25) is 5.91 Å². The quantitative estimate of drug-likeness (QED) is 0.636. The molecule has 166 valence electrons. The molecular formula is C25H21FN4O3. The van der Waals surface area contributed by atoms with E-state index < -0.39 is 17.3 Å². The van der Waals surface area contributed by atoms with Gasteiger partial charge in [-0.2, -0.15) is 5.10 Å². The Labute approximate surface area is 188 Å². The van der Waals surface area contributed by atoms with Crippen molar-refractivity contribution in [2.75, 3.05) is 5.43 Å². The molecule has 0 unspecified atom stereocenters. The molecule has 2 aliphatic rings. The molecule has 0 saturated heterocycles. The van der Waals surface area contributed by atoms with Gasteiger partial charge in [-0.25, -0.2) is 14.5 Å². The molecule has 0 bridgehead atoms. The zero-order valence-electron chi connectivity index (χ0n) is 17.7. The van der Waals surface area contributed by atoms with E-state index in [2.05, 4.69) is 15.6 Å². The van der Waals surface area contributed by atoms with Gasteiger partial charge in [0.15, 0.2) is 5.78 Å². The summed E-state index contributed by atoms with van der Waals surface area (Å²) in [5.41, 5.74) is 5.92. The smallest absolute Gasteiger partial charge is 0.266 e. The van der Waals surface area contributed by atoms with Gasteiger partial charge in [-0.15, -0.1) is 0 Å². The molecule has 1 aliphatic carbocycles. The highest BCUT2D eigenvalue weighted by atomic mass is 19.1. The molecule has 2 aromatic carbocycles. The maximum absolute atomic E-state index is 13.9. The summed E-state index contributed by atoms with van der Waals surface area (Å²) < 4.78 is 13.9. The maximum atomic E-state index is 13.9. The van der Waals surface area contributed by atoms with Crippen LogP contribution >= 0.6 is 0 Å². The van der Waals surface area contributed by atoms with Gasteiger partial charge in [-0.3, -0.25) is 19.8 Å². The molecule has 2 N–H and O–H groups in total. The summed E-state index contributed by atoms with van der Waals surface area (Å²) >= 11 is 0. The third-order valence-electron chi connectivity index (χ3n) is 6.01. The monoisotopic (exact) mass is 444 g/mol. The molecule has 7 nitrogen and oxygen atoms in total. The van der Waals surface area contributed by atoms with E-state index >= 15 is 0 Å². The Kier molecular flexibility index (Phi) is 5.34. The number of allylic oxidation sites excluding steroid dienone is 2. The fourth-order valence-electron chi connectivity index (χ4n) is 4.56. The van der Waals surface area contributed by atoms with Crippen LogP contribution in [0.25, 0.3) is 11.3 Å². The van der Waals surface area contributed by atoms with Gasteiger partial charge < -0.3 is 0 Å². The normalized spacial score (nSPS) is 18.3. The number of hydrogen-bond donors (Lipinski definition) is 2. The summed E-state index contributed by atoms with van der Waals surface area (Å²) in [4.78, 5) is 38.3. The number of aromatic nitrogens is 2. The Morgan fingerprint density at radius 1 is 1.00 bits per heavy atom. The minimum atomic E-state index is -0.500. The van der Waals surface area contributed by atoms with E-state index in [0.29, 0.717) is 47.5 Å². The second kappa shape index (κ2) is 8.46. The van der Waals surface area contributed by atoms with Crippen LogP contribution in [0.1, 0.15) is 37.2 Å². The number of hydrazine groups is 1. The summed E-state index contributed by atoms with van der Waals surface area (Å²) in [6.07, 6.45) is 1.52. The molecule has 2 heterocycles. The third-order valence-corrected chi connectivity index (χ3v) is 6.01. The van der Waals surface area contributed by atoms with Crippen molar-refractivity contribution in [2.24, 2.45) is 0 Å². The number of halogens is 1. The molecule has 1 atom stereocenters. The lowest BCUT2D eigenvalue weighted by atomic mass is 9.77. The molecule has 0 saturated carbocycles. The van der Waals surface area contributed by atoms with Crippen molar-refractivity contribution in [3.05, 3.63) is 93.7 Å². The Morgan fingerprint density at radius 3 is 2.61 bits per heavy atom. The molecule has 0 radical (unpaired) electrons. The van der Waals surface area contributed by atoms with E-state index in [9.17, 15) is 18.8 Å². The minimum Gasteiger partial charge on any atom is -0.294 e. The molecule has 1 aromatic heterocycles. The van der Waals surface area contributed by atoms with E-state index in [1.54, 1.807) is 12.1 Å². The highest BCUT2D eigenvalue weighted by molar-refractivity contribution is 6.01. The summed E-state index contributed by atoms with van der Waals surface area (Å²) in [7, 11) is 0. The van der Waals surface area contributed by atoms with Crippen molar-refractivity contribution in [3.63, 3.8) is 0 Å². The largest absolute Gasteiger partial charge is 0.294 e. The Balaban J connectivity index is 1.59. The van der Waals surface area contributed by atoms with Crippen LogP contribution in [0.2, 0.25) is 0 Å². The molecule has 33 heavy (non-hydrogen) atoms. The average Bonchev–Trinajstić information content (AvgIpc) is 2.81. The summed E-state index contributed by atoms with van der Waals surface area (Å²) in [6, 6.07) is 16.6. The minimum absolute atomic E-state index is 0.0122. The highest BCUT2D eigenvalue weighted by Gasteiger charge is 2.39. The lowest BCUT2D eigenvalue weighted by molar-refractivity contribution is -0.130. The first-order chi connectivity index (χ1) is 16.0. The van der Waals surface area contributed by atoms with E-state index in [0.717, 1.165) is 5.56 Å². The number of amides is 1. The van der Waals surface area contributed by atoms with Gasteiger partial charge in [0.1, 0.15) is 11.5 Å². The Morgan fingerprint density at radius 2 is 1.82 bits per heavy atom. The van der Waals surface area contributed by atoms with Crippen molar-refractivity contribution in [1.29, 1.82) is 0 Å². The second-order valence-electron chi connectivity index (χ2n) is 8.15. The zero-order chi connectivity index (χ0) is 22.9. The fourth-order valence-corrected chi connectivity index (χ4v) is 4.56. The van der Waals surface area contributed by atoms with Crippen molar-refractivity contribution >= 4 is 17.4 Å². The summed E-state index contributed by atoms with van der Waals surface area (Å²) in [6.45, 7) is 0. The maximum Gasteiger partial charge on any atom is 0.266 e. The number of rotatable bonds is 4. The summed E-state index contributed by atoms with van der Waals surface area (Å²) in [5.74, 6) is -1.22. The van der Waals surface area contributed by atoms with Crippen LogP contribution in [0.5, 0.6) is 0 Å². The number of carbonyl (C=O) groups excluding carboxylic acids is 2. The van der Waals surface area contributed by atoms with Crippen LogP contribution in [0.4, 0.5) is 10.1 Å². The van der Waals surface area contributed by atoms with E-state index in [4.69, 9.17) is 0 Å². The number of ketones is 1. The lowest BCUT2D eigenvalue weighted by Crippen LogP contribution is -2.43. The number of nitrogens with one attached hydrogen (secondary N) is 2. The molecule has 0 spiro atoms. The number of Topliss-reactive ketones (excluding diaryl/α,β-unsaturated/α-hetero) is 1. The van der Waals surface area contributed by atoms with Gasteiger partial charge in [0.05, 0.1) is 11.4 Å². The van der Waals surface area contributed by atoms with Crippen LogP contribution in [-0.2, 0) is 9.59 Å². The predicted molar refractivity (Wildman–Crippen MR) is 120 cm³/mol. The van der Waals surface area contributed by atoms with Crippen molar-refractivity contribution in [2.45, 2.75) is 31.6 Å². The number of benzene rings is 2. The molecule has 1 aliphatic heterocycles. The lowest BCUT2D eigenvalue weighted by Gasteiger charge is -2.38. The van der Waals surface area contributed by atoms with Gasteiger partial charge in [0, 0.05) is 36.0 Å². The van der Waals surface area contributed by atoms with Crippen LogP contribution in [0.15, 0.2) is 76.7 Å². The molecule has 8 heteroatoms. The molecule has 3 aromatic rings. The molecule has 5 rings (SSSR count). The number of H-pyrrole nitrogens is 1. The van der Waals surface area contributed by atoms with Crippen LogP contribution in [0.3, 0.4) is 0 Å². The third kappa shape index (κ3) is 3.95. The number of carbonyl (C=O) groups is 2. The topological polar surface area (TPSA) is 95.2 Å². The van der Waals surface area contributed by atoms with Gasteiger partial charge in [-0.05, 0) is 30.5 Å². The van der Waals surface area contributed by atoms with Crippen LogP contribution in [0, 0.1) is 5.82 Å². The Hall–Kier alpha value is -4.07. The van der Waals surface area contributed by atoms with Crippen molar-refractivity contribution in [1.82, 2.24) is 15.2 Å². The molecular weight excluding hydrogens is 423 g/mol. The predicted octanol–water partition coefficient (Wildman–Crippen LogP) is 3.93. The van der Waals surface area contributed by atoms with Gasteiger partial charge in [0.25, 0.3) is 5.56 Å². The highest BCUT2D eigenvalue weighted by Crippen LogP contribution is 2.42. The second-order valence-corrected chi connectivity index (χ2v) is 8.15.